The van der Waals surface area contributed by atoms with Gasteiger partial charge in [0.2, 0.25) is 5.91 Å². The smallest absolute Gasteiger partial charge is 0.337 e. The number of benzene rings is 2. The van der Waals surface area contributed by atoms with Gasteiger partial charge in [0.15, 0.2) is 5.65 Å². The number of nitrogens with one attached hydrogen (secondary N) is 1. The van der Waals surface area contributed by atoms with Crippen molar-refractivity contribution in [3.8, 4) is 16.8 Å². The summed E-state index contributed by atoms with van der Waals surface area (Å²) < 4.78 is 17.3. The summed E-state index contributed by atoms with van der Waals surface area (Å²) in [6, 6.07) is 17.0. The lowest BCUT2D eigenvalue weighted by Crippen LogP contribution is -2.45. The van der Waals surface area contributed by atoms with E-state index in [1.54, 1.807) is 0 Å². The number of piperidine rings is 1. The van der Waals surface area contributed by atoms with Gasteiger partial charge < -0.3 is 15.1 Å². The lowest BCUT2D eigenvalue weighted by molar-refractivity contribution is -0.122. The van der Waals surface area contributed by atoms with Gasteiger partial charge in [-0.25, -0.2) is 18.7 Å². The van der Waals surface area contributed by atoms with Crippen LogP contribution in [0, 0.1) is 5.82 Å². The minimum absolute atomic E-state index is 0.00160. The van der Waals surface area contributed by atoms with Crippen LogP contribution >= 0.6 is 0 Å². The van der Waals surface area contributed by atoms with Crippen molar-refractivity contribution in [2.45, 2.75) is 76.4 Å². The standard InChI is InChI=1S/C40H50FN7O3/c1-44-18-6-21-46(24-23-44)28-29-9-11-30(12-10-29)31-7-5-8-35(25-31)47-38-36(26-32(41)27-42-38)39(50)48(40(47)51)34-15-13-33(14-16-34)43-37(49)17-22-45-19-3-2-4-20-45/h5,7-12,25-27,33-34H,2-4,6,13-24,28H2,1H3,(H,43,49). The normalized spacial score (nSPS) is 21.1. The van der Waals surface area contributed by atoms with Crippen molar-refractivity contribution in [1.82, 2.24) is 34.1 Å². The first-order valence-corrected chi connectivity index (χ1v) is 18.8. The third-order valence-electron chi connectivity index (χ3n) is 11.0. The molecule has 3 aliphatic rings. The van der Waals surface area contributed by atoms with Crippen LogP contribution in [0.2, 0.25) is 0 Å². The topological polar surface area (TPSA) is 95.7 Å². The van der Waals surface area contributed by atoms with Crippen molar-refractivity contribution >= 4 is 16.9 Å². The van der Waals surface area contributed by atoms with E-state index in [0.717, 1.165) is 69.7 Å². The van der Waals surface area contributed by atoms with E-state index in [-0.39, 0.29) is 29.0 Å². The average Bonchev–Trinajstić information content (AvgIpc) is 3.36. The van der Waals surface area contributed by atoms with Gasteiger partial charge in [-0.05, 0) is 113 Å². The molecule has 4 heterocycles. The Bertz CT molecular complexity index is 1940. The second-order valence-electron chi connectivity index (χ2n) is 14.7. The molecule has 2 saturated heterocycles. The molecule has 0 atom stereocenters. The van der Waals surface area contributed by atoms with E-state index < -0.39 is 17.1 Å². The number of likely N-dealkylation sites (N-methyl/N-ethyl adjacent to an activating group) is 1. The van der Waals surface area contributed by atoms with E-state index in [0.29, 0.717) is 37.8 Å². The summed E-state index contributed by atoms with van der Waals surface area (Å²) in [5.74, 6) is -0.580. The quantitative estimate of drug-likeness (QED) is 0.265. The summed E-state index contributed by atoms with van der Waals surface area (Å²) >= 11 is 0. The third kappa shape index (κ3) is 8.32. The number of halogens is 1. The molecular formula is C40H50FN7O3. The Morgan fingerprint density at radius 2 is 1.61 bits per heavy atom. The Balaban J connectivity index is 1.10. The number of hydrogen-bond acceptors (Lipinski definition) is 7. The highest BCUT2D eigenvalue weighted by Crippen LogP contribution is 2.28. The molecule has 3 fully saturated rings. The number of likely N-dealkylation sites (tertiary alicyclic amines) is 1. The number of carbonyl (C=O) groups is 1. The fraction of sp³-hybridized carbons (Fsp3) is 0.500. The molecule has 51 heavy (non-hydrogen) atoms. The van der Waals surface area contributed by atoms with Gasteiger partial charge in [-0.2, -0.15) is 0 Å². The second-order valence-corrected chi connectivity index (χ2v) is 14.7. The van der Waals surface area contributed by atoms with E-state index in [1.165, 1.54) is 46.4 Å². The van der Waals surface area contributed by atoms with Crippen molar-refractivity contribution in [1.29, 1.82) is 0 Å². The molecular weight excluding hydrogens is 645 g/mol. The summed E-state index contributed by atoms with van der Waals surface area (Å²) in [6.07, 6.45) is 8.78. The van der Waals surface area contributed by atoms with E-state index in [9.17, 15) is 18.8 Å². The van der Waals surface area contributed by atoms with Crippen LogP contribution in [0.1, 0.15) is 69.4 Å². The Morgan fingerprint density at radius 1 is 0.843 bits per heavy atom. The van der Waals surface area contributed by atoms with Crippen LogP contribution in [0.25, 0.3) is 27.8 Å². The second kappa shape index (κ2) is 16.0. The van der Waals surface area contributed by atoms with Crippen LogP contribution in [-0.4, -0.2) is 93.6 Å². The molecule has 1 N–H and O–H groups in total. The summed E-state index contributed by atoms with van der Waals surface area (Å²) in [5, 5.41) is 3.25. The van der Waals surface area contributed by atoms with E-state index in [4.69, 9.17) is 0 Å². The molecule has 1 saturated carbocycles. The molecule has 270 valence electrons. The number of fused-ring (bicyclic) bond motifs is 1. The zero-order valence-corrected chi connectivity index (χ0v) is 29.7. The molecule has 0 bridgehead atoms. The highest BCUT2D eigenvalue weighted by Gasteiger charge is 2.28. The molecule has 0 radical (unpaired) electrons. The molecule has 2 aromatic heterocycles. The number of aromatic nitrogens is 3. The first kappa shape index (κ1) is 35.2. The van der Waals surface area contributed by atoms with Crippen molar-refractivity contribution < 1.29 is 9.18 Å². The summed E-state index contributed by atoms with van der Waals surface area (Å²) in [7, 11) is 2.18. The first-order chi connectivity index (χ1) is 24.8. The van der Waals surface area contributed by atoms with Gasteiger partial charge in [-0.1, -0.05) is 42.8 Å². The summed E-state index contributed by atoms with van der Waals surface area (Å²) in [5.41, 5.74) is 2.86. The zero-order valence-electron chi connectivity index (χ0n) is 29.7. The third-order valence-corrected chi connectivity index (χ3v) is 11.0. The van der Waals surface area contributed by atoms with E-state index in [1.807, 2.05) is 24.3 Å². The molecule has 2 aliphatic heterocycles. The zero-order chi connectivity index (χ0) is 35.3. The average molecular weight is 696 g/mol. The highest BCUT2D eigenvalue weighted by atomic mass is 19.1. The van der Waals surface area contributed by atoms with Gasteiger partial charge in [0.25, 0.3) is 5.56 Å². The van der Waals surface area contributed by atoms with Gasteiger partial charge in [0, 0.05) is 44.7 Å². The molecule has 0 spiro atoms. The fourth-order valence-electron chi connectivity index (χ4n) is 8.10. The van der Waals surface area contributed by atoms with Crippen LogP contribution in [0.15, 0.2) is 70.4 Å². The molecule has 11 heteroatoms. The molecule has 2 aromatic carbocycles. The van der Waals surface area contributed by atoms with Gasteiger partial charge >= 0.3 is 5.69 Å². The van der Waals surface area contributed by atoms with Crippen LogP contribution in [0.3, 0.4) is 0 Å². The van der Waals surface area contributed by atoms with Gasteiger partial charge in [-0.3, -0.25) is 19.1 Å². The molecule has 1 amide bonds. The van der Waals surface area contributed by atoms with E-state index in [2.05, 4.69) is 56.3 Å². The number of nitrogens with zero attached hydrogens (tertiary/aromatic N) is 6. The lowest BCUT2D eigenvalue weighted by Gasteiger charge is -2.31. The van der Waals surface area contributed by atoms with E-state index >= 15 is 0 Å². The Morgan fingerprint density at radius 3 is 2.39 bits per heavy atom. The lowest BCUT2D eigenvalue weighted by atomic mass is 9.90. The van der Waals surface area contributed by atoms with Crippen LogP contribution < -0.4 is 16.6 Å². The predicted octanol–water partition coefficient (Wildman–Crippen LogP) is 4.97. The number of carbonyl (C=O) groups excluding carboxylic acids is 1. The number of hydrogen-bond donors (Lipinski definition) is 1. The van der Waals surface area contributed by atoms with Crippen molar-refractivity contribution in [3.05, 3.63) is 93.0 Å². The van der Waals surface area contributed by atoms with Crippen molar-refractivity contribution in [2.24, 2.45) is 0 Å². The Hall–Kier alpha value is -4.19. The molecule has 0 unspecified atom stereocenters. The molecule has 7 rings (SSSR count). The fourth-order valence-corrected chi connectivity index (χ4v) is 8.10. The first-order valence-electron chi connectivity index (χ1n) is 18.8. The Labute approximate surface area is 298 Å². The Kier molecular flexibility index (Phi) is 11.1. The maximum Gasteiger partial charge on any atom is 0.337 e. The number of amides is 1. The van der Waals surface area contributed by atoms with Crippen molar-refractivity contribution in [3.63, 3.8) is 0 Å². The minimum Gasteiger partial charge on any atom is -0.353 e. The molecule has 4 aromatic rings. The van der Waals surface area contributed by atoms with Gasteiger partial charge in [-0.15, -0.1) is 0 Å². The highest BCUT2D eigenvalue weighted by molar-refractivity contribution is 5.77. The van der Waals surface area contributed by atoms with Crippen LogP contribution in [0.4, 0.5) is 4.39 Å². The van der Waals surface area contributed by atoms with Gasteiger partial charge in [0.05, 0.1) is 17.3 Å². The number of pyridine rings is 1. The van der Waals surface area contributed by atoms with Crippen molar-refractivity contribution in [2.75, 3.05) is 52.9 Å². The summed E-state index contributed by atoms with van der Waals surface area (Å²) in [6.45, 7) is 8.16. The monoisotopic (exact) mass is 695 g/mol. The SMILES string of the molecule is CN1CCCN(Cc2ccc(-c3cccc(-n4c(=O)n(C5CCC(NC(=O)CCN6CCCCC6)CC5)c(=O)c5cc(F)cnc54)c3)cc2)CC1. The predicted molar refractivity (Wildman–Crippen MR) is 199 cm³/mol. The largest absolute Gasteiger partial charge is 0.353 e. The van der Waals surface area contributed by atoms with Crippen LogP contribution in [0.5, 0.6) is 0 Å². The summed E-state index contributed by atoms with van der Waals surface area (Å²) in [4.78, 5) is 52.4. The molecule has 1 aliphatic carbocycles. The van der Waals surface area contributed by atoms with Gasteiger partial charge in [0.1, 0.15) is 5.82 Å². The molecule has 10 nitrogen and oxygen atoms in total. The number of rotatable bonds is 9. The maximum atomic E-state index is 14.5. The minimum atomic E-state index is -0.631. The van der Waals surface area contributed by atoms with Crippen LogP contribution in [-0.2, 0) is 11.3 Å². The maximum absolute atomic E-state index is 14.5.